The molecule has 1 unspecified atom stereocenters. The van der Waals surface area contributed by atoms with Gasteiger partial charge in [-0.25, -0.2) is 0 Å². The number of piperazine rings is 1. The lowest BCUT2D eigenvalue weighted by Gasteiger charge is -2.50. The second-order valence-electron chi connectivity index (χ2n) is 6.21. The third kappa shape index (κ3) is 4.69. The molecule has 20 heavy (non-hydrogen) atoms. The molecule has 1 saturated heterocycles. The second-order valence-corrected chi connectivity index (χ2v) is 6.21. The van der Waals surface area contributed by atoms with Crippen molar-refractivity contribution >= 4 is 0 Å². The van der Waals surface area contributed by atoms with Crippen molar-refractivity contribution in [1.29, 1.82) is 0 Å². The van der Waals surface area contributed by atoms with Gasteiger partial charge >= 0.3 is 0 Å². The first-order chi connectivity index (χ1) is 9.59. The van der Waals surface area contributed by atoms with Gasteiger partial charge in [-0.3, -0.25) is 4.90 Å². The van der Waals surface area contributed by atoms with Crippen LogP contribution in [0.3, 0.4) is 0 Å². The van der Waals surface area contributed by atoms with E-state index in [0.717, 1.165) is 26.2 Å². The predicted octanol–water partition coefficient (Wildman–Crippen LogP) is 2.14. The van der Waals surface area contributed by atoms with E-state index in [0.29, 0.717) is 30.7 Å². The Hall–Kier alpha value is -0.160. The minimum atomic E-state index is 0.302. The highest BCUT2D eigenvalue weighted by Gasteiger charge is 2.39. The van der Waals surface area contributed by atoms with E-state index < -0.39 is 0 Å². The molecule has 4 nitrogen and oxygen atoms in total. The average molecular weight is 286 g/mol. The van der Waals surface area contributed by atoms with Gasteiger partial charge in [0.25, 0.3) is 0 Å². The molecular weight excluding hydrogens is 252 g/mol. The van der Waals surface area contributed by atoms with E-state index in [1.54, 1.807) is 7.11 Å². The lowest BCUT2D eigenvalue weighted by atomic mass is 9.85. The van der Waals surface area contributed by atoms with Crippen LogP contribution >= 0.6 is 0 Å². The summed E-state index contributed by atoms with van der Waals surface area (Å²) >= 11 is 0. The molecular formula is C16H34N2O2. The number of rotatable bonds is 9. The van der Waals surface area contributed by atoms with Crippen LogP contribution in [0.4, 0.5) is 0 Å². The summed E-state index contributed by atoms with van der Waals surface area (Å²) in [5.41, 5.74) is 0.302. The van der Waals surface area contributed by atoms with E-state index in [4.69, 9.17) is 9.47 Å². The minimum absolute atomic E-state index is 0.302. The van der Waals surface area contributed by atoms with Crippen LogP contribution in [-0.4, -0.2) is 63.0 Å². The molecule has 1 N–H and O–H groups in total. The smallest absolute Gasteiger partial charge is 0.0700 e. The predicted molar refractivity (Wildman–Crippen MR) is 84.2 cm³/mol. The Morgan fingerprint density at radius 1 is 1.20 bits per heavy atom. The van der Waals surface area contributed by atoms with Gasteiger partial charge < -0.3 is 14.8 Å². The van der Waals surface area contributed by atoms with Crippen molar-refractivity contribution in [2.75, 3.05) is 46.6 Å². The van der Waals surface area contributed by atoms with Gasteiger partial charge in [-0.1, -0.05) is 27.7 Å². The molecule has 0 aromatic carbocycles. The molecule has 0 aromatic heterocycles. The quantitative estimate of drug-likeness (QED) is 0.659. The van der Waals surface area contributed by atoms with Gasteiger partial charge in [0.1, 0.15) is 0 Å². The summed E-state index contributed by atoms with van der Waals surface area (Å²) in [5.74, 6) is 0.679. The number of methoxy groups -OCH3 is 1. The average Bonchev–Trinajstić information content (AvgIpc) is 2.46. The van der Waals surface area contributed by atoms with Crippen LogP contribution in [-0.2, 0) is 9.47 Å². The Bertz CT molecular complexity index is 255. The normalized spacial score (nSPS) is 23.4. The molecule has 1 heterocycles. The topological polar surface area (TPSA) is 33.7 Å². The van der Waals surface area contributed by atoms with Gasteiger partial charge in [0.15, 0.2) is 0 Å². The van der Waals surface area contributed by atoms with Crippen LogP contribution in [0, 0.1) is 5.92 Å². The third-order valence-corrected chi connectivity index (χ3v) is 4.84. The molecule has 1 aliphatic rings. The first-order valence-electron chi connectivity index (χ1n) is 8.14. The van der Waals surface area contributed by atoms with Crippen molar-refractivity contribution in [2.24, 2.45) is 5.92 Å². The number of nitrogens with zero attached hydrogens (tertiary/aromatic N) is 1. The van der Waals surface area contributed by atoms with Crippen molar-refractivity contribution in [2.45, 2.75) is 52.1 Å². The molecule has 0 saturated carbocycles. The highest BCUT2D eigenvalue weighted by molar-refractivity contribution is 4.98. The summed E-state index contributed by atoms with van der Waals surface area (Å²) in [5, 5.41) is 3.75. The number of hydrogen-bond donors (Lipinski definition) is 1. The summed E-state index contributed by atoms with van der Waals surface area (Å²) in [6.07, 6.45) is 2.39. The molecule has 0 radical (unpaired) electrons. The van der Waals surface area contributed by atoms with E-state index >= 15 is 0 Å². The van der Waals surface area contributed by atoms with E-state index in [2.05, 4.69) is 37.9 Å². The summed E-state index contributed by atoms with van der Waals surface area (Å²) in [4.78, 5) is 2.65. The van der Waals surface area contributed by atoms with Crippen molar-refractivity contribution in [1.82, 2.24) is 10.2 Å². The van der Waals surface area contributed by atoms with Gasteiger partial charge in [0.05, 0.1) is 19.8 Å². The Morgan fingerprint density at radius 3 is 2.45 bits per heavy atom. The van der Waals surface area contributed by atoms with E-state index in [1.807, 2.05) is 0 Å². The zero-order valence-corrected chi connectivity index (χ0v) is 14.1. The molecule has 1 aliphatic heterocycles. The summed E-state index contributed by atoms with van der Waals surface area (Å²) in [6.45, 7) is 14.6. The van der Waals surface area contributed by atoms with Gasteiger partial charge in [0, 0.05) is 38.3 Å². The van der Waals surface area contributed by atoms with Crippen LogP contribution < -0.4 is 5.32 Å². The van der Waals surface area contributed by atoms with Crippen molar-refractivity contribution < 1.29 is 9.47 Å². The molecule has 0 bridgehead atoms. The van der Waals surface area contributed by atoms with Crippen LogP contribution in [0.2, 0.25) is 0 Å². The SMILES string of the molecule is CCC1(CC)CNC(C(C)C)CN1CCOCCOC. The monoisotopic (exact) mass is 286 g/mol. The van der Waals surface area contributed by atoms with Gasteiger partial charge in [0.2, 0.25) is 0 Å². The number of hydrogen-bond acceptors (Lipinski definition) is 4. The summed E-state index contributed by atoms with van der Waals surface area (Å²) in [7, 11) is 1.71. The molecule has 1 rings (SSSR count). The lowest BCUT2D eigenvalue weighted by molar-refractivity contribution is -0.00864. The molecule has 1 atom stereocenters. The Balaban J connectivity index is 2.53. The molecule has 0 aliphatic carbocycles. The van der Waals surface area contributed by atoms with E-state index in [9.17, 15) is 0 Å². The van der Waals surface area contributed by atoms with E-state index in [-0.39, 0.29) is 0 Å². The summed E-state index contributed by atoms with van der Waals surface area (Å²) in [6, 6.07) is 0.597. The second kappa shape index (κ2) is 8.98. The fourth-order valence-corrected chi connectivity index (χ4v) is 3.07. The number of nitrogens with one attached hydrogen (secondary N) is 1. The Morgan fingerprint density at radius 2 is 1.90 bits per heavy atom. The molecule has 0 amide bonds. The molecule has 1 fully saturated rings. The van der Waals surface area contributed by atoms with Gasteiger partial charge in [-0.15, -0.1) is 0 Å². The molecule has 0 spiro atoms. The lowest BCUT2D eigenvalue weighted by Crippen LogP contribution is -2.65. The number of ether oxygens (including phenoxy) is 2. The first-order valence-corrected chi connectivity index (χ1v) is 8.14. The third-order valence-electron chi connectivity index (χ3n) is 4.84. The maximum atomic E-state index is 5.67. The highest BCUT2D eigenvalue weighted by Crippen LogP contribution is 2.28. The van der Waals surface area contributed by atoms with E-state index in [1.165, 1.54) is 12.8 Å². The molecule has 4 heteroatoms. The Kier molecular flexibility index (Phi) is 8.03. The largest absolute Gasteiger partial charge is 0.382 e. The van der Waals surface area contributed by atoms with Crippen molar-refractivity contribution in [3.63, 3.8) is 0 Å². The van der Waals surface area contributed by atoms with Crippen molar-refractivity contribution in [3.8, 4) is 0 Å². The standard InChI is InChI=1S/C16H34N2O2/c1-6-16(7-2)13-17-15(14(3)4)12-18(16)8-9-20-11-10-19-5/h14-15,17H,6-13H2,1-5H3. The van der Waals surface area contributed by atoms with Crippen LogP contribution in [0.15, 0.2) is 0 Å². The van der Waals surface area contributed by atoms with Gasteiger partial charge in [-0.2, -0.15) is 0 Å². The van der Waals surface area contributed by atoms with Gasteiger partial charge in [-0.05, 0) is 18.8 Å². The van der Waals surface area contributed by atoms with Crippen LogP contribution in [0.25, 0.3) is 0 Å². The van der Waals surface area contributed by atoms with Crippen LogP contribution in [0.1, 0.15) is 40.5 Å². The molecule has 120 valence electrons. The van der Waals surface area contributed by atoms with Crippen LogP contribution in [0.5, 0.6) is 0 Å². The summed E-state index contributed by atoms with van der Waals surface area (Å²) < 4.78 is 10.7. The fourth-order valence-electron chi connectivity index (χ4n) is 3.07. The first kappa shape index (κ1) is 17.9. The highest BCUT2D eigenvalue weighted by atomic mass is 16.5. The minimum Gasteiger partial charge on any atom is -0.382 e. The zero-order chi connectivity index (χ0) is 15.0. The van der Waals surface area contributed by atoms with Crippen molar-refractivity contribution in [3.05, 3.63) is 0 Å². The Labute approximate surface area is 125 Å². The fraction of sp³-hybridized carbons (Fsp3) is 1.00. The maximum Gasteiger partial charge on any atom is 0.0700 e. The maximum absolute atomic E-state index is 5.67. The zero-order valence-electron chi connectivity index (χ0n) is 14.1. The molecule has 0 aromatic rings.